The molecule has 15 aromatic heterocycles. The molecule has 15 nitrogen and oxygen atoms in total. The van der Waals surface area contributed by atoms with Crippen molar-refractivity contribution in [2.24, 2.45) is 41.2 Å². The molecule has 0 radical (unpaired) electrons. The van der Waals surface area contributed by atoms with Crippen LogP contribution in [0.25, 0.3) is 167 Å². The predicted molar refractivity (Wildman–Crippen MR) is 530 cm³/mol. The zero-order valence-corrected chi connectivity index (χ0v) is 80.6. The Morgan fingerprint density at radius 3 is 0.977 bits per heavy atom. The van der Waals surface area contributed by atoms with Gasteiger partial charge in [0.25, 0.3) is 0 Å². The second kappa shape index (κ2) is 35.9. The van der Waals surface area contributed by atoms with Crippen molar-refractivity contribution in [3.05, 3.63) is 295 Å². The van der Waals surface area contributed by atoms with Crippen LogP contribution < -0.4 is 22.8 Å². The number of nitrogens with zero attached hydrogens (tertiary/aromatic N) is 10. The van der Waals surface area contributed by atoms with Crippen molar-refractivity contribution >= 4 is 110 Å². The van der Waals surface area contributed by atoms with Crippen LogP contribution in [0.1, 0.15) is 185 Å². The maximum atomic E-state index is 6.41. The summed E-state index contributed by atoms with van der Waals surface area (Å²) in [6.45, 7) is 42.9. The first-order valence-corrected chi connectivity index (χ1v) is 46.2. The number of hydrogen-bond acceptors (Lipinski definition) is 10. The van der Waals surface area contributed by atoms with Crippen LogP contribution in [0.5, 0.6) is 0 Å². The molecule has 15 heterocycles. The molecule has 15 heteroatoms. The van der Waals surface area contributed by atoms with Gasteiger partial charge < -0.3 is 22.1 Å². The van der Waals surface area contributed by atoms with Gasteiger partial charge in [0.2, 0.25) is 57.0 Å². The minimum absolute atomic E-state index is 0.381. The molecule has 0 aliphatic heterocycles. The lowest BCUT2D eigenvalue weighted by atomic mass is 9.86. The number of aromatic nitrogens is 10. The molecule has 0 saturated heterocycles. The molecule has 0 unspecified atom stereocenters. The lowest BCUT2D eigenvalue weighted by molar-refractivity contribution is -0.660. The van der Waals surface area contributed by atoms with Crippen molar-refractivity contribution in [2.45, 2.75) is 195 Å². The van der Waals surface area contributed by atoms with Gasteiger partial charge >= 0.3 is 0 Å². The van der Waals surface area contributed by atoms with Crippen molar-refractivity contribution in [2.75, 3.05) is 0 Å². The van der Waals surface area contributed by atoms with Gasteiger partial charge in [-0.1, -0.05) is 115 Å². The molecular weight excluding hydrogens is 1600 g/mol. The number of furan rings is 5. The van der Waals surface area contributed by atoms with E-state index in [4.69, 9.17) is 37.0 Å². The summed E-state index contributed by atoms with van der Waals surface area (Å²) in [4.78, 5) is 23.8. The summed E-state index contributed by atoms with van der Waals surface area (Å²) in [6.07, 6.45) is 19.3. The first kappa shape index (κ1) is 88.6. The van der Waals surface area contributed by atoms with Crippen LogP contribution in [-0.2, 0) is 48.1 Å². The molecule has 0 amide bonds. The Kier molecular flexibility index (Phi) is 24.5. The highest BCUT2D eigenvalue weighted by atomic mass is 16.4. The van der Waals surface area contributed by atoms with Crippen molar-refractivity contribution < 1.29 is 44.9 Å². The first-order valence-electron chi connectivity index (χ1n) is 46.2. The Hall–Kier alpha value is -13.4. The fourth-order valence-corrected chi connectivity index (χ4v) is 19.1. The highest BCUT2D eigenvalue weighted by Gasteiger charge is 2.30. The summed E-state index contributed by atoms with van der Waals surface area (Å²) in [5.74, 6) is 1.54. The number of pyridine rings is 10. The second-order valence-corrected chi connectivity index (χ2v) is 37.7. The minimum atomic E-state index is 0.381. The summed E-state index contributed by atoms with van der Waals surface area (Å²) >= 11 is 0. The normalized spacial score (nSPS) is 12.5. The standard InChI is InChI=1S/C25H27N2O.C24H27N2O.C23H25N2O.C22H23N2O.C21H21N2O/c1-16-9-14-22(27(3)15-16)23-17(2)10-11-19-20-12-13-21(18-7-5-4-6-8-18)26-25(20)28-24(19)23;1-14(2)11-18-8-10-20-19-9-7-15(3)22(23(19)27-24(20)25-18)21-12-16(4)17(5)13-26(21)6;1-13(2)19-10-9-18-17-8-7-14(3)21(22(17)26-23(18)24-19)20-11-15(4)16(5)12-25(20)6;1-6-16-8-10-18-17-9-7-13(2)20(21(17)25-22(18)23-16)19-11-14(3)15(4)12-24(19)5;1-12-6-8-16-17-9-7-15(4)22-21(17)24-20(16)19(12)18-10-13(2)14(3)11-23(18)5/h9-15,18H,4-8H2,1-3H3;7-10,12-14H,11H2,1-6H3;7-13H,1-6H3;7-12H,6H2,1-5H3;6-11H,1-5H3/q5*+1. The number of rotatable bonds is 10. The van der Waals surface area contributed by atoms with E-state index < -0.39 is 0 Å². The number of aryl methyl sites for hydroxylation is 21. The summed E-state index contributed by atoms with van der Waals surface area (Å²) in [5.41, 5.74) is 42.9. The fourth-order valence-electron chi connectivity index (χ4n) is 19.1. The van der Waals surface area contributed by atoms with Gasteiger partial charge in [-0.05, 0) is 258 Å². The molecule has 658 valence electrons. The summed E-state index contributed by atoms with van der Waals surface area (Å²) in [7, 11) is 10.5. The maximum absolute atomic E-state index is 6.41. The van der Waals surface area contributed by atoms with Gasteiger partial charge in [-0.2, -0.15) is 0 Å². The quantitative estimate of drug-likeness (QED) is 0.121. The second-order valence-electron chi connectivity index (χ2n) is 37.7. The maximum Gasteiger partial charge on any atom is 0.227 e. The molecular formula is C115H123N10O5+5. The Balaban J connectivity index is 0.000000114. The highest BCUT2D eigenvalue weighted by molar-refractivity contribution is 6.13. The van der Waals surface area contributed by atoms with Crippen molar-refractivity contribution in [3.8, 4) is 56.3 Å². The van der Waals surface area contributed by atoms with Crippen molar-refractivity contribution in [3.63, 3.8) is 0 Å². The molecule has 1 saturated carbocycles. The smallest absolute Gasteiger partial charge is 0.227 e. The van der Waals surface area contributed by atoms with Crippen LogP contribution in [-0.4, -0.2) is 24.9 Å². The fraction of sp³-hybridized carbons (Fsp3) is 0.304. The Labute approximate surface area is 763 Å². The average Bonchev–Trinajstić information content (AvgIpc) is 1.59. The third kappa shape index (κ3) is 16.9. The van der Waals surface area contributed by atoms with E-state index in [2.05, 4.69) is 382 Å². The van der Waals surface area contributed by atoms with Gasteiger partial charge in [0.15, 0.2) is 58.9 Å². The van der Waals surface area contributed by atoms with E-state index >= 15 is 0 Å². The molecule has 0 bridgehead atoms. The third-order valence-corrected chi connectivity index (χ3v) is 27.0. The van der Waals surface area contributed by atoms with Gasteiger partial charge in [-0.3, -0.25) is 0 Å². The molecule has 0 spiro atoms. The van der Waals surface area contributed by atoms with Crippen LogP contribution >= 0.6 is 0 Å². The number of hydrogen-bond donors (Lipinski definition) is 0. The van der Waals surface area contributed by atoms with E-state index in [1.165, 1.54) is 138 Å². The van der Waals surface area contributed by atoms with E-state index in [0.717, 1.165) is 174 Å². The van der Waals surface area contributed by atoms with Crippen molar-refractivity contribution in [1.29, 1.82) is 0 Å². The average molecular weight is 1730 g/mol. The summed E-state index contributed by atoms with van der Waals surface area (Å²) in [6, 6.07) is 56.3. The molecule has 5 aromatic carbocycles. The topological polar surface area (TPSA) is 150 Å². The Bertz CT molecular complexity index is 7870. The lowest BCUT2D eigenvalue weighted by Crippen LogP contribution is -2.31. The van der Waals surface area contributed by atoms with E-state index in [1.54, 1.807) is 0 Å². The SMILES string of the molecule is CCc1ccc2c(n1)oc1c(-c3cc(C)c(C)c[n+]3C)c(C)ccc12.Cc1cc(-c2c(C)ccc3c2oc2nc(C(C)C)ccc23)[n+](C)cc1C.Cc1cc(-c2c(C)ccc3c2oc2nc(CC(C)C)ccc23)[n+](C)cc1C.Cc1ccc(-c2c(C)ccc3c2oc2nc(C4CCCCC4)ccc23)[n+](C)c1.Cc1ccc2c(n1)oc1c(-c3cc(C)c(C)c[n+]3C)c(C)ccc12. The monoisotopic (exact) mass is 1720 g/mol. The van der Waals surface area contributed by atoms with E-state index in [9.17, 15) is 0 Å². The third-order valence-electron chi connectivity index (χ3n) is 27.0. The van der Waals surface area contributed by atoms with Crippen LogP contribution in [0.15, 0.2) is 211 Å². The van der Waals surface area contributed by atoms with Crippen LogP contribution in [0.2, 0.25) is 0 Å². The predicted octanol–water partition coefficient (Wildman–Crippen LogP) is 26.9. The molecule has 0 atom stereocenters. The van der Waals surface area contributed by atoms with Gasteiger partial charge in [-0.25, -0.2) is 47.8 Å². The summed E-state index contributed by atoms with van der Waals surface area (Å²) < 4.78 is 42.4. The molecule has 21 rings (SSSR count). The zero-order chi connectivity index (χ0) is 91.9. The number of fused-ring (bicyclic) bond motifs is 15. The van der Waals surface area contributed by atoms with Crippen LogP contribution in [0, 0.1) is 110 Å². The summed E-state index contributed by atoms with van der Waals surface area (Å²) in [5, 5.41) is 11.1. The van der Waals surface area contributed by atoms with E-state index in [1.807, 2.05) is 13.0 Å². The largest absolute Gasteiger partial charge is 0.437 e. The van der Waals surface area contributed by atoms with Gasteiger partial charge in [0.1, 0.15) is 35.2 Å². The van der Waals surface area contributed by atoms with Crippen LogP contribution in [0.4, 0.5) is 0 Å². The molecule has 1 aliphatic rings. The molecule has 1 fully saturated rings. The lowest BCUT2D eigenvalue weighted by Gasteiger charge is -2.20. The Morgan fingerprint density at radius 2 is 0.608 bits per heavy atom. The molecule has 20 aromatic rings. The molecule has 0 N–H and O–H groups in total. The van der Waals surface area contributed by atoms with Crippen LogP contribution in [0.3, 0.4) is 0 Å². The number of benzene rings is 5. The Morgan fingerprint density at radius 1 is 0.292 bits per heavy atom. The van der Waals surface area contributed by atoms with E-state index in [-0.39, 0.29) is 0 Å². The zero-order valence-electron chi connectivity index (χ0n) is 80.6. The van der Waals surface area contributed by atoms with Gasteiger partial charge in [-0.15, -0.1) is 0 Å². The van der Waals surface area contributed by atoms with E-state index in [0.29, 0.717) is 23.5 Å². The van der Waals surface area contributed by atoms with Gasteiger partial charge in [0, 0.05) is 146 Å². The minimum Gasteiger partial charge on any atom is -0.437 e. The first-order chi connectivity index (χ1) is 62.3. The molecule has 1 aliphatic carbocycles. The van der Waals surface area contributed by atoms with Crippen molar-refractivity contribution in [1.82, 2.24) is 24.9 Å². The van der Waals surface area contributed by atoms with Gasteiger partial charge in [0.05, 0.1) is 27.8 Å². The highest BCUT2D eigenvalue weighted by Crippen LogP contribution is 2.44. The molecule has 130 heavy (non-hydrogen) atoms.